The fourth-order valence-corrected chi connectivity index (χ4v) is 3.89. The van der Waals surface area contributed by atoms with Crippen LogP contribution in [0.2, 0.25) is 0 Å². The van der Waals surface area contributed by atoms with Gasteiger partial charge in [-0.1, -0.05) is 30.3 Å². The fraction of sp³-hybridized carbons (Fsp3) is 0.632. The summed E-state index contributed by atoms with van der Waals surface area (Å²) < 4.78 is 5.46. The van der Waals surface area contributed by atoms with Crippen LogP contribution in [-0.2, 0) is 16.1 Å². The molecule has 4 nitrogen and oxygen atoms in total. The Morgan fingerprint density at radius 3 is 2.61 bits per heavy atom. The van der Waals surface area contributed by atoms with E-state index in [1.54, 1.807) is 0 Å². The first-order valence-electron chi connectivity index (χ1n) is 8.85. The lowest BCUT2D eigenvalue weighted by atomic mass is 10.0. The lowest BCUT2D eigenvalue weighted by Crippen LogP contribution is -2.42. The van der Waals surface area contributed by atoms with Crippen molar-refractivity contribution in [3.8, 4) is 0 Å². The Kier molecular flexibility index (Phi) is 5.68. The normalized spacial score (nSPS) is 25.7. The van der Waals surface area contributed by atoms with E-state index in [2.05, 4.69) is 29.4 Å². The number of carbonyl (C=O) groups is 1. The summed E-state index contributed by atoms with van der Waals surface area (Å²) in [6.07, 6.45) is 5.39. The third-order valence-corrected chi connectivity index (χ3v) is 5.43. The molecule has 2 aliphatic rings. The molecular formula is C19H28N2O2. The van der Waals surface area contributed by atoms with Crippen LogP contribution in [0.5, 0.6) is 0 Å². The minimum atomic E-state index is 0.172. The molecule has 1 saturated carbocycles. The van der Waals surface area contributed by atoms with E-state index in [0.717, 1.165) is 50.9 Å². The molecular weight excluding hydrogens is 288 g/mol. The van der Waals surface area contributed by atoms with Gasteiger partial charge >= 0.3 is 0 Å². The summed E-state index contributed by atoms with van der Waals surface area (Å²) in [7, 11) is 2.23. The van der Waals surface area contributed by atoms with Crippen molar-refractivity contribution >= 4 is 5.91 Å². The molecule has 1 aromatic carbocycles. The summed E-state index contributed by atoms with van der Waals surface area (Å²) in [4.78, 5) is 14.9. The number of hydrogen-bond donors (Lipinski definition) is 1. The summed E-state index contributed by atoms with van der Waals surface area (Å²) in [5, 5.41) is 3.10. The second kappa shape index (κ2) is 7.93. The predicted molar refractivity (Wildman–Crippen MR) is 91.0 cm³/mol. The smallest absolute Gasteiger partial charge is 0.223 e. The highest BCUT2D eigenvalue weighted by Gasteiger charge is 2.34. The second-order valence-electron chi connectivity index (χ2n) is 6.88. The van der Waals surface area contributed by atoms with Crippen LogP contribution in [0.15, 0.2) is 30.3 Å². The molecule has 1 N–H and O–H groups in total. The molecule has 1 aromatic rings. The van der Waals surface area contributed by atoms with Crippen LogP contribution in [0.1, 0.15) is 37.7 Å². The Labute approximate surface area is 139 Å². The van der Waals surface area contributed by atoms with Gasteiger partial charge in [-0.05, 0) is 44.7 Å². The van der Waals surface area contributed by atoms with Crippen molar-refractivity contribution < 1.29 is 9.53 Å². The van der Waals surface area contributed by atoms with Crippen LogP contribution < -0.4 is 5.32 Å². The van der Waals surface area contributed by atoms with Crippen molar-refractivity contribution in [1.82, 2.24) is 10.2 Å². The predicted octanol–water partition coefficient (Wildman–Crippen LogP) is 2.58. The number of benzene rings is 1. The molecule has 1 heterocycles. The third kappa shape index (κ3) is 4.33. The van der Waals surface area contributed by atoms with Crippen molar-refractivity contribution in [2.45, 2.75) is 50.7 Å². The minimum absolute atomic E-state index is 0.172. The van der Waals surface area contributed by atoms with Crippen LogP contribution in [0.25, 0.3) is 0 Å². The number of nitrogens with zero attached hydrogens (tertiary/aromatic N) is 1. The van der Waals surface area contributed by atoms with Gasteiger partial charge in [0, 0.05) is 37.8 Å². The lowest BCUT2D eigenvalue weighted by Gasteiger charge is -2.35. The monoisotopic (exact) mass is 316 g/mol. The standard InChI is InChI=1S/C19H28N2O2/c1-21(17-9-11-23-12-10-17)18-8-7-16(13-18)19(22)20-14-15-5-3-2-4-6-15/h2-6,16-18H,7-14H2,1H3,(H,20,22)/t16?,18-/m1/s1. The van der Waals surface area contributed by atoms with E-state index >= 15 is 0 Å². The first-order chi connectivity index (χ1) is 11.2. The molecule has 3 rings (SSSR count). The number of rotatable bonds is 5. The average Bonchev–Trinajstić information content (AvgIpc) is 3.11. The maximum atomic E-state index is 12.4. The lowest BCUT2D eigenvalue weighted by molar-refractivity contribution is -0.125. The molecule has 4 heteroatoms. The van der Waals surface area contributed by atoms with Gasteiger partial charge in [0.05, 0.1) is 0 Å². The number of ether oxygens (including phenoxy) is 1. The zero-order valence-corrected chi connectivity index (χ0v) is 14.0. The second-order valence-corrected chi connectivity index (χ2v) is 6.88. The largest absolute Gasteiger partial charge is 0.381 e. The molecule has 1 unspecified atom stereocenters. The van der Waals surface area contributed by atoms with E-state index in [0.29, 0.717) is 18.6 Å². The van der Waals surface area contributed by atoms with Crippen molar-refractivity contribution in [2.75, 3.05) is 20.3 Å². The summed E-state index contributed by atoms with van der Waals surface area (Å²) in [5.41, 5.74) is 1.16. The SMILES string of the molecule is CN(C1CCOCC1)[C@@H]1CCC(C(=O)NCc2ccccc2)C1. The minimum Gasteiger partial charge on any atom is -0.381 e. The molecule has 126 valence electrons. The van der Waals surface area contributed by atoms with Gasteiger partial charge in [-0.3, -0.25) is 4.79 Å². The average molecular weight is 316 g/mol. The molecule has 0 aromatic heterocycles. The molecule has 1 amide bonds. The van der Waals surface area contributed by atoms with E-state index in [4.69, 9.17) is 4.74 Å². The van der Waals surface area contributed by atoms with E-state index in [1.807, 2.05) is 18.2 Å². The molecule has 2 atom stereocenters. The molecule has 1 aliphatic carbocycles. The summed E-state index contributed by atoms with van der Waals surface area (Å²) in [6.45, 7) is 2.39. The van der Waals surface area contributed by atoms with Crippen LogP contribution in [0.3, 0.4) is 0 Å². The molecule has 0 radical (unpaired) electrons. The molecule has 2 fully saturated rings. The summed E-state index contributed by atoms with van der Waals surface area (Å²) in [6, 6.07) is 11.3. The third-order valence-electron chi connectivity index (χ3n) is 5.43. The van der Waals surface area contributed by atoms with Crippen molar-refractivity contribution in [2.24, 2.45) is 5.92 Å². The Morgan fingerprint density at radius 2 is 1.87 bits per heavy atom. The maximum absolute atomic E-state index is 12.4. The van der Waals surface area contributed by atoms with Crippen molar-refractivity contribution in [3.05, 3.63) is 35.9 Å². The Morgan fingerprint density at radius 1 is 1.13 bits per heavy atom. The fourth-order valence-electron chi connectivity index (χ4n) is 3.89. The van der Waals surface area contributed by atoms with Gasteiger partial charge in [0.2, 0.25) is 5.91 Å². The molecule has 1 aliphatic heterocycles. The highest BCUT2D eigenvalue weighted by Crippen LogP contribution is 2.31. The number of amides is 1. The van der Waals surface area contributed by atoms with E-state index in [-0.39, 0.29) is 11.8 Å². The van der Waals surface area contributed by atoms with Gasteiger partial charge in [-0.15, -0.1) is 0 Å². The van der Waals surface area contributed by atoms with Crippen LogP contribution in [0, 0.1) is 5.92 Å². The first kappa shape index (κ1) is 16.5. The van der Waals surface area contributed by atoms with Gasteiger partial charge in [0.15, 0.2) is 0 Å². The van der Waals surface area contributed by atoms with Gasteiger partial charge < -0.3 is 15.0 Å². The molecule has 0 bridgehead atoms. The summed E-state index contributed by atoms with van der Waals surface area (Å²) in [5.74, 6) is 0.391. The van der Waals surface area contributed by atoms with E-state index < -0.39 is 0 Å². The van der Waals surface area contributed by atoms with Crippen LogP contribution in [-0.4, -0.2) is 43.2 Å². The van der Waals surface area contributed by atoms with Crippen LogP contribution in [0.4, 0.5) is 0 Å². The quantitative estimate of drug-likeness (QED) is 0.908. The van der Waals surface area contributed by atoms with Gasteiger partial charge in [-0.25, -0.2) is 0 Å². The zero-order chi connectivity index (χ0) is 16.1. The van der Waals surface area contributed by atoms with E-state index in [9.17, 15) is 4.79 Å². The highest BCUT2D eigenvalue weighted by molar-refractivity contribution is 5.79. The number of carbonyl (C=O) groups excluding carboxylic acids is 1. The van der Waals surface area contributed by atoms with Crippen LogP contribution >= 0.6 is 0 Å². The Bertz CT molecular complexity index is 499. The Balaban J connectivity index is 1.45. The molecule has 23 heavy (non-hydrogen) atoms. The van der Waals surface area contributed by atoms with Gasteiger partial charge in [0.1, 0.15) is 0 Å². The first-order valence-corrected chi connectivity index (χ1v) is 8.85. The number of hydrogen-bond acceptors (Lipinski definition) is 3. The topological polar surface area (TPSA) is 41.6 Å². The highest BCUT2D eigenvalue weighted by atomic mass is 16.5. The Hall–Kier alpha value is -1.39. The zero-order valence-electron chi connectivity index (χ0n) is 14.0. The van der Waals surface area contributed by atoms with Crippen molar-refractivity contribution in [3.63, 3.8) is 0 Å². The summed E-state index contributed by atoms with van der Waals surface area (Å²) >= 11 is 0. The molecule has 1 saturated heterocycles. The van der Waals surface area contributed by atoms with E-state index in [1.165, 1.54) is 0 Å². The van der Waals surface area contributed by atoms with Gasteiger partial charge in [0.25, 0.3) is 0 Å². The maximum Gasteiger partial charge on any atom is 0.223 e. The van der Waals surface area contributed by atoms with Gasteiger partial charge in [-0.2, -0.15) is 0 Å². The molecule has 0 spiro atoms. The number of nitrogens with one attached hydrogen (secondary N) is 1. The van der Waals surface area contributed by atoms with Crippen molar-refractivity contribution in [1.29, 1.82) is 0 Å².